The van der Waals surface area contributed by atoms with Gasteiger partial charge in [-0.3, -0.25) is 9.78 Å². The fraction of sp³-hybridized carbons (Fsp3) is 0.455. The molecule has 164 valence electrons. The number of hydrogen-bond donors (Lipinski definition) is 2. The highest BCUT2D eigenvalue weighted by Gasteiger charge is 2.21. The molecule has 0 aliphatic carbocycles. The van der Waals surface area contributed by atoms with Crippen molar-refractivity contribution in [1.82, 2.24) is 24.8 Å². The maximum atomic E-state index is 13.3. The van der Waals surface area contributed by atoms with Crippen molar-refractivity contribution in [2.24, 2.45) is 5.92 Å². The quantitative estimate of drug-likeness (QED) is 0.584. The van der Waals surface area contributed by atoms with Gasteiger partial charge in [0.2, 0.25) is 5.95 Å². The zero-order chi connectivity index (χ0) is 22.1. The van der Waals surface area contributed by atoms with Crippen LogP contribution in [0.15, 0.2) is 17.2 Å². The second-order valence-electron chi connectivity index (χ2n) is 8.13. The van der Waals surface area contributed by atoms with Gasteiger partial charge in [-0.2, -0.15) is 4.98 Å². The first-order valence-corrected chi connectivity index (χ1v) is 10.8. The minimum Gasteiger partial charge on any atom is -0.496 e. The summed E-state index contributed by atoms with van der Waals surface area (Å²) in [5.41, 5.74) is 9.60. The minimum absolute atomic E-state index is 0.0305. The third-order valence-corrected chi connectivity index (χ3v) is 6.28. The first kappa shape index (κ1) is 21.5. The third-order valence-electron chi connectivity index (χ3n) is 6.00. The summed E-state index contributed by atoms with van der Waals surface area (Å²) in [7, 11) is 1.65. The van der Waals surface area contributed by atoms with E-state index in [0.29, 0.717) is 35.5 Å². The van der Waals surface area contributed by atoms with Crippen molar-refractivity contribution in [3.63, 3.8) is 0 Å². The number of nitrogens with two attached hydrogens (primary N) is 1. The van der Waals surface area contributed by atoms with Crippen molar-refractivity contribution < 1.29 is 4.74 Å². The molecule has 3 aromatic rings. The highest BCUT2D eigenvalue weighted by atomic mass is 35.5. The number of rotatable bonds is 5. The largest absolute Gasteiger partial charge is 0.496 e. The zero-order valence-electron chi connectivity index (χ0n) is 18.0. The zero-order valence-corrected chi connectivity index (χ0v) is 18.8. The van der Waals surface area contributed by atoms with Gasteiger partial charge in [-0.1, -0.05) is 11.6 Å². The lowest BCUT2D eigenvalue weighted by molar-refractivity contribution is 0.371. The second kappa shape index (κ2) is 8.80. The first-order chi connectivity index (χ1) is 14.9. The van der Waals surface area contributed by atoms with Crippen LogP contribution in [-0.4, -0.2) is 39.7 Å². The van der Waals surface area contributed by atoms with E-state index in [-0.39, 0.29) is 16.5 Å². The summed E-state index contributed by atoms with van der Waals surface area (Å²) in [4.78, 5) is 26.3. The molecule has 0 aromatic carbocycles. The van der Waals surface area contributed by atoms with E-state index in [2.05, 4.69) is 20.3 Å². The van der Waals surface area contributed by atoms with Gasteiger partial charge in [-0.25, -0.2) is 4.98 Å². The lowest BCUT2D eigenvalue weighted by Gasteiger charge is -2.23. The first-order valence-electron chi connectivity index (χ1n) is 10.4. The van der Waals surface area contributed by atoms with Crippen LogP contribution in [0.5, 0.6) is 5.75 Å². The molecular weight excluding hydrogens is 416 g/mol. The Morgan fingerprint density at radius 2 is 2.03 bits per heavy atom. The van der Waals surface area contributed by atoms with Crippen molar-refractivity contribution in [3.8, 4) is 5.75 Å². The van der Waals surface area contributed by atoms with Crippen LogP contribution in [0.25, 0.3) is 11.0 Å². The fourth-order valence-corrected chi connectivity index (χ4v) is 4.62. The maximum Gasteiger partial charge on any atom is 0.223 e. The number of aryl methyl sites for hydroxylation is 1. The lowest BCUT2D eigenvalue weighted by Crippen LogP contribution is -2.30. The molecule has 1 aliphatic heterocycles. The Labute approximate surface area is 185 Å². The second-order valence-corrected chi connectivity index (χ2v) is 8.48. The molecule has 3 N–H and O–H groups in total. The molecule has 4 rings (SSSR count). The molecule has 0 spiro atoms. The van der Waals surface area contributed by atoms with Gasteiger partial charge in [0.05, 0.1) is 19.3 Å². The minimum atomic E-state index is -0.124. The molecule has 9 heteroatoms. The van der Waals surface area contributed by atoms with E-state index in [1.807, 2.05) is 24.6 Å². The number of fused-ring (bicyclic) bond motifs is 1. The third kappa shape index (κ3) is 4.22. The molecule has 0 saturated carbocycles. The fourth-order valence-electron chi connectivity index (χ4n) is 4.36. The van der Waals surface area contributed by atoms with Gasteiger partial charge in [0.15, 0.2) is 11.1 Å². The average Bonchev–Trinajstić information content (AvgIpc) is 2.74. The summed E-state index contributed by atoms with van der Waals surface area (Å²) in [5, 5.41) is 3.75. The van der Waals surface area contributed by atoms with E-state index in [1.54, 1.807) is 13.3 Å². The Bertz CT molecular complexity index is 1190. The molecule has 31 heavy (non-hydrogen) atoms. The predicted octanol–water partition coefficient (Wildman–Crippen LogP) is 2.64. The number of aromatic nitrogens is 4. The Hall–Kier alpha value is -2.71. The number of pyridine rings is 2. The number of ether oxygens (including phenoxy) is 1. The molecule has 1 fully saturated rings. The molecule has 0 radical (unpaired) electrons. The number of anilines is 1. The van der Waals surface area contributed by atoms with Crippen LogP contribution in [0.3, 0.4) is 0 Å². The number of piperidine rings is 1. The number of halogens is 1. The highest BCUT2D eigenvalue weighted by Crippen LogP contribution is 2.26. The molecule has 1 aliphatic rings. The maximum absolute atomic E-state index is 13.3. The molecule has 1 saturated heterocycles. The Kier molecular flexibility index (Phi) is 6.11. The number of nitrogens with one attached hydrogen (secondary N) is 1. The van der Waals surface area contributed by atoms with Crippen molar-refractivity contribution in [1.29, 1.82) is 0 Å². The van der Waals surface area contributed by atoms with Crippen molar-refractivity contribution in [2.45, 2.75) is 39.7 Å². The van der Waals surface area contributed by atoms with E-state index >= 15 is 0 Å². The summed E-state index contributed by atoms with van der Waals surface area (Å²) in [6.45, 7) is 6.29. The smallest absolute Gasteiger partial charge is 0.223 e. The van der Waals surface area contributed by atoms with Gasteiger partial charge in [-0.05, 0) is 52.1 Å². The predicted molar refractivity (Wildman–Crippen MR) is 122 cm³/mol. The standard InChI is InChI=1S/C22H27ClN6O2/c1-12-9-26-16(13(2)19(12)31-3)11-29-10-15(8-14-4-6-25-7-5-14)18(30)17-20(23)27-22(24)28-21(17)29/h9-10,14,25H,4-8,11H2,1-3H3,(H2,24,27,28). The number of nitrogens with zero attached hydrogens (tertiary/aromatic N) is 4. The molecular formula is C22H27ClN6O2. The molecule has 0 amide bonds. The van der Waals surface area contributed by atoms with E-state index in [0.717, 1.165) is 48.5 Å². The molecule has 4 heterocycles. The Morgan fingerprint density at radius 3 is 2.74 bits per heavy atom. The van der Waals surface area contributed by atoms with Gasteiger partial charge >= 0.3 is 0 Å². The average molecular weight is 443 g/mol. The lowest BCUT2D eigenvalue weighted by atomic mass is 9.91. The van der Waals surface area contributed by atoms with E-state index < -0.39 is 0 Å². The summed E-state index contributed by atoms with van der Waals surface area (Å²) >= 11 is 6.37. The van der Waals surface area contributed by atoms with Crippen LogP contribution < -0.4 is 21.2 Å². The van der Waals surface area contributed by atoms with Crippen molar-refractivity contribution in [2.75, 3.05) is 25.9 Å². The van der Waals surface area contributed by atoms with Crippen LogP contribution in [0, 0.1) is 19.8 Å². The Morgan fingerprint density at radius 1 is 1.29 bits per heavy atom. The summed E-state index contributed by atoms with van der Waals surface area (Å²) in [6, 6.07) is 0. The molecule has 0 bridgehead atoms. The van der Waals surface area contributed by atoms with Gasteiger partial charge in [0.1, 0.15) is 16.3 Å². The topological polar surface area (TPSA) is 108 Å². The van der Waals surface area contributed by atoms with Crippen LogP contribution in [0.4, 0.5) is 5.95 Å². The number of nitrogen functional groups attached to an aromatic ring is 1. The van der Waals surface area contributed by atoms with Gasteiger partial charge in [0.25, 0.3) is 0 Å². The molecule has 3 aromatic heterocycles. The van der Waals surface area contributed by atoms with E-state index in [1.165, 1.54) is 0 Å². The van der Waals surface area contributed by atoms with Crippen LogP contribution in [0.1, 0.15) is 35.2 Å². The normalized spacial score (nSPS) is 14.8. The summed E-state index contributed by atoms with van der Waals surface area (Å²) < 4.78 is 7.46. The van der Waals surface area contributed by atoms with Crippen LogP contribution >= 0.6 is 11.6 Å². The molecule has 0 atom stereocenters. The van der Waals surface area contributed by atoms with Crippen LogP contribution in [-0.2, 0) is 13.0 Å². The van der Waals surface area contributed by atoms with Gasteiger partial charge < -0.3 is 20.4 Å². The molecule has 8 nitrogen and oxygen atoms in total. The van der Waals surface area contributed by atoms with Crippen LogP contribution in [0.2, 0.25) is 5.15 Å². The Balaban J connectivity index is 1.85. The number of methoxy groups -OCH3 is 1. The van der Waals surface area contributed by atoms with E-state index in [9.17, 15) is 4.79 Å². The monoisotopic (exact) mass is 442 g/mol. The summed E-state index contributed by atoms with van der Waals surface area (Å²) in [6.07, 6.45) is 6.44. The van der Waals surface area contributed by atoms with E-state index in [4.69, 9.17) is 22.1 Å². The van der Waals surface area contributed by atoms with Crippen molar-refractivity contribution in [3.05, 3.63) is 50.2 Å². The molecule has 0 unspecified atom stereocenters. The van der Waals surface area contributed by atoms with Gasteiger partial charge in [0, 0.05) is 29.1 Å². The SMILES string of the molecule is COc1c(C)cnc(Cn2cc(CC3CCNCC3)c(=O)c3c(Cl)nc(N)nc32)c1C. The van der Waals surface area contributed by atoms with Crippen molar-refractivity contribution >= 4 is 28.6 Å². The van der Waals surface area contributed by atoms with Gasteiger partial charge in [-0.15, -0.1) is 0 Å². The number of hydrogen-bond acceptors (Lipinski definition) is 7. The summed E-state index contributed by atoms with van der Waals surface area (Å²) in [5.74, 6) is 1.29. The highest BCUT2D eigenvalue weighted by molar-refractivity contribution is 6.34.